The molecule has 3 saturated heterocycles. The summed E-state index contributed by atoms with van der Waals surface area (Å²) in [5, 5.41) is 95.4. The maximum atomic E-state index is 14.7. The number of fused-ring (bicyclic) bond motifs is 7. The molecule has 3 aliphatic heterocycles. The van der Waals surface area contributed by atoms with Crippen molar-refractivity contribution in [3.63, 3.8) is 0 Å². The molecule has 0 aromatic carbocycles. The lowest BCUT2D eigenvalue weighted by molar-refractivity contribution is -0.357. The number of rotatable bonds is 8. The third-order valence-electron chi connectivity index (χ3n) is 19.1. The molecule has 4 saturated carbocycles. The highest BCUT2D eigenvalue weighted by molar-refractivity contribution is 5.79. The van der Waals surface area contributed by atoms with E-state index in [2.05, 4.69) is 54.5 Å². The number of methoxy groups -OCH3 is 1. The SMILES string of the molecule is COC(=O)[C@H]1O[C@@H](O[C@H]2CC[C@]3(C)[C@H]4CC=C5[C@@H]6CC(C)(C)CC[C@]6(C(=O)O[C@@H]6O[C@H](CO)[C@@H](O)[C@H](O)[C@H]6O)CC[C@@]5(C)[C@]4(C)CC[C@H]3C2(C)C)[C@H](O)[C@@H](O[C@@H]2OC[C@H](O)[C@H](O)[C@H]2O)[C@@H]1O. The van der Waals surface area contributed by atoms with Crippen molar-refractivity contribution in [1.82, 2.24) is 0 Å². The predicted octanol–water partition coefficient (Wildman–Crippen LogP) is 0.960. The fourth-order valence-electron chi connectivity index (χ4n) is 14.9. The van der Waals surface area contributed by atoms with Gasteiger partial charge in [-0.15, -0.1) is 0 Å². The average molecular weight is 941 g/mol. The molecule has 0 amide bonds. The highest BCUT2D eigenvalue weighted by Crippen LogP contribution is 2.76. The Labute approximate surface area is 386 Å². The van der Waals surface area contributed by atoms with E-state index in [1.54, 1.807) is 0 Å². The summed E-state index contributed by atoms with van der Waals surface area (Å²) in [4.78, 5) is 27.6. The summed E-state index contributed by atoms with van der Waals surface area (Å²) in [6.07, 6.45) is -12.7. The van der Waals surface area contributed by atoms with Crippen LogP contribution >= 0.6 is 0 Å². The minimum Gasteiger partial charge on any atom is -0.467 e. The van der Waals surface area contributed by atoms with Crippen LogP contribution in [-0.4, -0.2) is 170 Å². The van der Waals surface area contributed by atoms with Crippen molar-refractivity contribution >= 4 is 11.9 Å². The maximum Gasteiger partial charge on any atom is 0.337 e. The van der Waals surface area contributed by atoms with Gasteiger partial charge in [-0.25, -0.2) is 4.79 Å². The first-order chi connectivity index (χ1) is 30.8. The number of allylic oxidation sites excluding steroid dienone is 2. The zero-order chi connectivity index (χ0) is 48.3. The van der Waals surface area contributed by atoms with Gasteiger partial charge >= 0.3 is 11.9 Å². The smallest absolute Gasteiger partial charge is 0.337 e. The first-order valence-corrected chi connectivity index (χ1v) is 24.1. The number of ether oxygens (including phenoxy) is 7. The molecule has 5 aliphatic carbocycles. The Kier molecular flexibility index (Phi) is 13.6. The lowest BCUT2D eigenvalue weighted by atomic mass is 9.33. The van der Waals surface area contributed by atoms with E-state index in [0.717, 1.165) is 52.1 Å². The predicted molar refractivity (Wildman–Crippen MR) is 229 cm³/mol. The van der Waals surface area contributed by atoms with Gasteiger partial charge in [0.25, 0.3) is 0 Å². The Bertz CT molecular complexity index is 1840. The molecule has 9 N–H and O–H groups in total. The number of carbonyl (C=O) groups excluding carboxylic acids is 2. The number of hydrogen-bond acceptors (Lipinski definition) is 18. The van der Waals surface area contributed by atoms with Crippen molar-refractivity contribution in [3.8, 4) is 0 Å². The minimum absolute atomic E-state index is 0.0613. The summed E-state index contributed by atoms with van der Waals surface area (Å²) in [7, 11) is 1.13. The molecule has 0 aromatic rings. The van der Waals surface area contributed by atoms with E-state index in [0.29, 0.717) is 19.3 Å². The fraction of sp³-hybridized carbons (Fsp3) is 0.917. The van der Waals surface area contributed by atoms with Crippen molar-refractivity contribution in [3.05, 3.63) is 11.6 Å². The van der Waals surface area contributed by atoms with Crippen LogP contribution in [0.4, 0.5) is 0 Å². The number of hydrogen-bond donors (Lipinski definition) is 9. The van der Waals surface area contributed by atoms with E-state index in [1.807, 2.05) is 0 Å². The first-order valence-electron chi connectivity index (χ1n) is 24.1. The number of aliphatic hydroxyl groups excluding tert-OH is 9. The van der Waals surface area contributed by atoms with Gasteiger partial charge < -0.3 is 79.1 Å². The summed E-state index contributed by atoms with van der Waals surface area (Å²) >= 11 is 0. The minimum atomic E-state index is -1.77. The van der Waals surface area contributed by atoms with Gasteiger partial charge in [-0.3, -0.25) is 4.79 Å². The van der Waals surface area contributed by atoms with Gasteiger partial charge in [0.15, 0.2) is 18.7 Å². The molecule has 18 heteroatoms. The van der Waals surface area contributed by atoms with Gasteiger partial charge in [0.1, 0.15) is 61.0 Å². The zero-order valence-corrected chi connectivity index (χ0v) is 39.7. The van der Waals surface area contributed by atoms with Gasteiger partial charge in [0, 0.05) is 0 Å². The van der Waals surface area contributed by atoms with E-state index in [4.69, 9.17) is 33.2 Å². The van der Waals surface area contributed by atoms with Crippen LogP contribution in [0.2, 0.25) is 0 Å². The molecule has 0 radical (unpaired) electrons. The summed E-state index contributed by atoms with van der Waals surface area (Å²) in [5.41, 5.74) is -0.749. The van der Waals surface area contributed by atoms with Crippen LogP contribution in [-0.2, 0) is 42.7 Å². The van der Waals surface area contributed by atoms with Crippen LogP contribution in [0.5, 0.6) is 0 Å². The normalized spacial score (nSPS) is 52.0. The van der Waals surface area contributed by atoms with E-state index >= 15 is 0 Å². The van der Waals surface area contributed by atoms with Gasteiger partial charge in [-0.2, -0.15) is 0 Å². The van der Waals surface area contributed by atoms with Gasteiger partial charge in [0.05, 0.1) is 31.8 Å². The lowest BCUT2D eigenvalue weighted by Gasteiger charge is -2.71. The standard InChI is InChI=1S/C48H76O18/c1-43(2)15-17-48(42(59)66-40-33(55)31(53)30(52)25(20-49)62-40)18-16-46(6)22(23(48)19-43)9-10-27-45(5)13-12-28(44(3,4)26(45)11-14-47(27,46)7)63-41-35(57)36(34(56)37(65-41)38(58)60-8)64-39-32(54)29(51)24(50)21-61-39/h9,23-37,39-41,49-57H,10-21H2,1-8H3/t23-,24-,25+,26-,27+,28-,29-,30+,31-,32+,33+,34-,35+,36-,37-,39-,40-,41+,45-,46+,47+,48-/m0/s1. The van der Waals surface area contributed by atoms with Gasteiger partial charge in [-0.05, 0) is 109 Å². The Hall–Kier alpha value is -1.88. The molecule has 8 aliphatic rings. The van der Waals surface area contributed by atoms with Gasteiger partial charge in [0.2, 0.25) is 6.29 Å². The molecular formula is C48H76O18. The molecule has 22 atom stereocenters. The van der Waals surface area contributed by atoms with Crippen LogP contribution in [0, 0.1) is 50.2 Å². The molecule has 0 spiro atoms. The summed E-state index contributed by atoms with van der Waals surface area (Å²) in [6.45, 7) is 15.0. The topological polar surface area (TPSA) is 281 Å². The highest BCUT2D eigenvalue weighted by Gasteiger charge is 2.70. The average Bonchev–Trinajstić information content (AvgIpc) is 3.26. The molecule has 66 heavy (non-hydrogen) atoms. The highest BCUT2D eigenvalue weighted by atomic mass is 16.7. The monoisotopic (exact) mass is 941 g/mol. The van der Waals surface area contributed by atoms with Crippen LogP contribution in [0.3, 0.4) is 0 Å². The molecule has 0 bridgehead atoms. The van der Waals surface area contributed by atoms with Crippen molar-refractivity contribution in [2.45, 2.75) is 205 Å². The van der Waals surface area contributed by atoms with E-state index in [9.17, 15) is 55.5 Å². The van der Waals surface area contributed by atoms with Crippen molar-refractivity contribution < 1.29 is 88.7 Å². The molecule has 18 nitrogen and oxygen atoms in total. The van der Waals surface area contributed by atoms with Crippen molar-refractivity contribution in [1.29, 1.82) is 0 Å². The number of aliphatic hydroxyl groups is 9. The number of carbonyl (C=O) groups is 2. The van der Waals surface area contributed by atoms with Crippen LogP contribution in [0.15, 0.2) is 11.6 Å². The third kappa shape index (κ3) is 7.83. The second-order valence-corrected chi connectivity index (χ2v) is 23.2. The number of esters is 2. The molecule has 0 aromatic heterocycles. The molecule has 376 valence electrons. The van der Waals surface area contributed by atoms with Crippen molar-refractivity contribution in [2.75, 3.05) is 20.3 Å². The lowest BCUT2D eigenvalue weighted by Crippen LogP contribution is -2.67. The molecule has 3 heterocycles. The van der Waals surface area contributed by atoms with Crippen LogP contribution in [0.1, 0.15) is 113 Å². The summed E-state index contributed by atoms with van der Waals surface area (Å²) < 4.78 is 40.5. The Morgan fingerprint density at radius 1 is 0.712 bits per heavy atom. The Morgan fingerprint density at radius 2 is 1.39 bits per heavy atom. The first kappa shape index (κ1) is 50.5. The second kappa shape index (κ2) is 17.8. The summed E-state index contributed by atoms with van der Waals surface area (Å²) in [6, 6.07) is 0. The molecule has 8 rings (SSSR count). The third-order valence-corrected chi connectivity index (χ3v) is 19.1. The second-order valence-electron chi connectivity index (χ2n) is 23.2. The van der Waals surface area contributed by atoms with E-state index < -0.39 is 121 Å². The van der Waals surface area contributed by atoms with E-state index in [1.165, 1.54) is 5.57 Å². The van der Waals surface area contributed by atoms with Crippen LogP contribution in [0.25, 0.3) is 0 Å². The summed E-state index contributed by atoms with van der Waals surface area (Å²) in [5.74, 6) is -1.16. The molecular weight excluding hydrogens is 865 g/mol. The van der Waals surface area contributed by atoms with Crippen LogP contribution < -0.4 is 0 Å². The molecule has 7 fully saturated rings. The maximum absolute atomic E-state index is 14.7. The quantitative estimate of drug-likeness (QED) is 0.0931. The molecule has 0 unspecified atom stereocenters. The van der Waals surface area contributed by atoms with Gasteiger partial charge in [-0.1, -0.05) is 60.1 Å². The Balaban J connectivity index is 1.03. The fourth-order valence-corrected chi connectivity index (χ4v) is 14.9. The largest absolute Gasteiger partial charge is 0.467 e. The Morgan fingerprint density at radius 3 is 2.08 bits per heavy atom. The zero-order valence-electron chi connectivity index (χ0n) is 39.7. The van der Waals surface area contributed by atoms with Crippen molar-refractivity contribution in [2.24, 2.45) is 50.2 Å². The van der Waals surface area contributed by atoms with E-state index in [-0.39, 0.29) is 46.0 Å².